The number of ether oxygens (including phenoxy) is 3. The molecule has 0 unspecified atom stereocenters. The standard InChI is InChI=1S/C24H25NO6/c1-29-17-10-8-15(9-11-17)22(26)20-21(16-5-3-6-18(13-16)30-2)25(24(28)23(20)27)14-19-7-4-12-31-19/h3,5-6,8-11,13,19,21,26H,4,7,12,14H2,1-2H3/t19-,21-/m0/s1. The van der Waals surface area contributed by atoms with E-state index < -0.39 is 17.7 Å². The van der Waals surface area contributed by atoms with E-state index >= 15 is 0 Å². The predicted octanol–water partition coefficient (Wildman–Crippen LogP) is 3.30. The monoisotopic (exact) mass is 423 g/mol. The van der Waals surface area contributed by atoms with Gasteiger partial charge in [-0.05, 0) is 54.8 Å². The first-order chi connectivity index (χ1) is 15.0. The van der Waals surface area contributed by atoms with Crippen LogP contribution in [-0.2, 0) is 14.3 Å². The van der Waals surface area contributed by atoms with Gasteiger partial charge in [0.05, 0.1) is 31.9 Å². The molecule has 2 aliphatic heterocycles. The SMILES string of the molecule is COc1ccc(C(O)=C2C(=O)C(=O)N(C[C@@H]3CCCO3)[C@H]2c2cccc(OC)c2)cc1. The maximum atomic E-state index is 13.1. The molecule has 1 N–H and O–H groups in total. The number of hydrogen-bond acceptors (Lipinski definition) is 6. The van der Waals surface area contributed by atoms with E-state index in [9.17, 15) is 14.7 Å². The summed E-state index contributed by atoms with van der Waals surface area (Å²) >= 11 is 0. The number of methoxy groups -OCH3 is 2. The molecule has 7 heteroatoms. The predicted molar refractivity (Wildman–Crippen MR) is 114 cm³/mol. The summed E-state index contributed by atoms with van der Waals surface area (Å²) in [6, 6.07) is 13.2. The summed E-state index contributed by atoms with van der Waals surface area (Å²) in [7, 11) is 3.11. The molecule has 2 heterocycles. The van der Waals surface area contributed by atoms with Gasteiger partial charge in [0.25, 0.3) is 11.7 Å². The largest absolute Gasteiger partial charge is 0.507 e. The molecule has 31 heavy (non-hydrogen) atoms. The Morgan fingerprint density at radius 3 is 2.48 bits per heavy atom. The van der Waals surface area contributed by atoms with Gasteiger partial charge in [0.15, 0.2) is 0 Å². The van der Waals surface area contributed by atoms with Gasteiger partial charge in [0, 0.05) is 18.7 Å². The molecule has 1 amide bonds. The van der Waals surface area contributed by atoms with Crippen molar-refractivity contribution in [1.82, 2.24) is 4.90 Å². The first kappa shape index (κ1) is 20.9. The van der Waals surface area contributed by atoms with Crippen LogP contribution in [0.5, 0.6) is 11.5 Å². The average molecular weight is 423 g/mol. The summed E-state index contributed by atoms with van der Waals surface area (Å²) < 4.78 is 16.2. The molecule has 0 aliphatic carbocycles. The molecule has 7 nitrogen and oxygen atoms in total. The van der Waals surface area contributed by atoms with Crippen LogP contribution in [0.4, 0.5) is 0 Å². The number of carbonyl (C=O) groups excluding carboxylic acids is 2. The van der Waals surface area contributed by atoms with Crippen molar-refractivity contribution in [3.05, 3.63) is 65.2 Å². The molecule has 0 aromatic heterocycles. The quantitative estimate of drug-likeness (QED) is 0.436. The molecule has 0 bridgehead atoms. The van der Waals surface area contributed by atoms with Crippen LogP contribution in [0.3, 0.4) is 0 Å². The van der Waals surface area contributed by atoms with Gasteiger partial charge < -0.3 is 24.2 Å². The number of carbonyl (C=O) groups is 2. The van der Waals surface area contributed by atoms with Gasteiger partial charge in [-0.2, -0.15) is 0 Å². The molecule has 2 aliphatic rings. The fourth-order valence-electron chi connectivity index (χ4n) is 4.14. The molecular weight excluding hydrogens is 398 g/mol. The Balaban J connectivity index is 1.81. The third kappa shape index (κ3) is 4.01. The molecule has 0 saturated carbocycles. The van der Waals surface area contributed by atoms with Crippen molar-refractivity contribution < 1.29 is 28.9 Å². The number of likely N-dealkylation sites (tertiary alicyclic amines) is 1. The maximum absolute atomic E-state index is 13.1. The van der Waals surface area contributed by atoms with Crippen LogP contribution in [0.2, 0.25) is 0 Å². The Hall–Kier alpha value is -3.32. The van der Waals surface area contributed by atoms with E-state index in [1.807, 2.05) is 6.07 Å². The first-order valence-corrected chi connectivity index (χ1v) is 10.2. The van der Waals surface area contributed by atoms with E-state index in [0.717, 1.165) is 12.8 Å². The minimum Gasteiger partial charge on any atom is -0.507 e. The van der Waals surface area contributed by atoms with Gasteiger partial charge in [-0.15, -0.1) is 0 Å². The maximum Gasteiger partial charge on any atom is 0.295 e. The zero-order chi connectivity index (χ0) is 22.0. The van der Waals surface area contributed by atoms with Crippen LogP contribution < -0.4 is 9.47 Å². The van der Waals surface area contributed by atoms with E-state index in [1.165, 1.54) is 4.90 Å². The van der Waals surface area contributed by atoms with E-state index in [0.29, 0.717) is 29.2 Å². The van der Waals surface area contributed by atoms with Crippen LogP contribution in [0.1, 0.15) is 30.0 Å². The topological polar surface area (TPSA) is 85.3 Å². The van der Waals surface area contributed by atoms with Crippen molar-refractivity contribution >= 4 is 17.4 Å². The molecule has 4 rings (SSSR count). The number of amides is 1. The van der Waals surface area contributed by atoms with Gasteiger partial charge in [0.2, 0.25) is 0 Å². The van der Waals surface area contributed by atoms with Crippen molar-refractivity contribution in [3.8, 4) is 11.5 Å². The molecule has 2 aromatic carbocycles. The summed E-state index contributed by atoms with van der Waals surface area (Å²) in [5.74, 6) is -0.342. The minimum atomic E-state index is -0.735. The highest BCUT2D eigenvalue weighted by atomic mass is 16.5. The lowest BCUT2D eigenvalue weighted by atomic mass is 9.95. The highest BCUT2D eigenvalue weighted by molar-refractivity contribution is 6.46. The number of benzene rings is 2. The van der Waals surface area contributed by atoms with E-state index in [2.05, 4.69) is 0 Å². The molecule has 2 atom stereocenters. The highest BCUT2D eigenvalue weighted by Crippen LogP contribution is 2.41. The minimum absolute atomic E-state index is 0.0569. The summed E-state index contributed by atoms with van der Waals surface area (Å²) in [4.78, 5) is 27.6. The van der Waals surface area contributed by atoms with Gasteiger partial charge in [0.1, 0.15) is 17.3 Å². The zero-order valence-electron chi connectivity index (χ0n) is 17.5. The second-order valence-corrected chi connectivity index (χ2v) is 7.59. The second-order valence-electron chi connectivity index (χ2n) is 7.59. The Kier molecular flexibility index (Phi) is 5.95. The molecule has 0 spiro atoms. The average Bonchev–Trinajstić information content (AvgIpc) is 3.41. The van der Waals surface area contributed by atoms with Crippen LogP contribution in [0.25, 0.3) is 5.76 Å². The zero-order valence-corrected chi connectivity index (χ0v) is 17.5. The van der Waals surface area contributed by atoms with Crippen molar-refractivity contribution in [3.63, 3.8) is 0 Å². The van der Waals surface area contributed by atoms with Crippen LogP contribution >= 0.6 is 0 Å². The third-order valence-electron chi connectivity index (χ3n) is 5.74. The summed E-state index contributed by atoms with van der Waals surface area (Å²) in [5, 5.41) is 11.1. The number of aliphatic hydroxyl groups excluding tert-OH is 1. The molecule has 0 radical (unpaired) electrons. The number of aliphatic hydroxyl groups is 1. The summed E-state index contributed by atoms with van der Waals surface area (Å²) in [6.45, 7) is 0.927. The van der Waals surface area contributed by atoms with Crippen molar-refractivity contribution in [2.24, 2.45) is 0 Å². The lowest BCUT2D eigenvalue weighted by Gasteiger charge is -2.27. The molecular formula is C24H25NO6. The Bertz CT molecular complexity index is 1010. The second kappa shape index (κ2) is 8.81. The smallest absolute Gasteiger partial charge is 0.295 e. The van der Waals surface area contributed by atoms with Gasteiger partial charge in [-0.1, -0.05) is 12.1 Å². The Labute approximate surface area is 180 Å². The van der Waals surface area contributed by atoms with Crippen LogP contribution in [-0.4, -0.2) is 55.2 Å². The van der Waals surface area contributed by atoms with Crippen molar-refractivity contribution in [2.45, 2.75) is 25.0 Å². The molecule has 2 aromatic rings. The Morgan fingerprint density at radius 1 is 1.10 bits per heavy atom. The third-order valence-corrected chi connectivity index (χ3v) is 5.74. The highest BCUT2D eigenvalue weighted by Gasteiger charge is 2.47. The molecule has 162 valence electrons. The fourth-order valence-corrected chi connectivity index (χ4v) is 4.14. The number of hydrogen-bond donors (Lipinski definition) is 1. The van der Waals surface area contributed by atoms with E-state index in [1.54, 1.807) is 56.7 Å². The molecule has 2 fully saturated rings. The Morgan fingerprint density at radius 2 is 1.84 bits per heavy atom. The number of Topliss-reactive ketones (excluding diaryl/α,β-unsaturated/α-hetero) is 1. The lowest BCUT2D eigenvalue weighted by molar-refractivity contribution is -0.140. The van der Waals surface area contributed by atoms with Crippen molar-refractivity contribution in [2.75, 3.05) is 27.4 Å². The summed E-state index contributed by atoms with van der Waals surface area (Å²) in [5.41, 5.74) is 1.18. The van der Waals surface area contributed by atoms with E-state index in [4.69, 9.17) is 14.2 Å². The summed E-state index contributed by atoms with van der Waals surface area (Å²) in [6.07, 6.45) is 1.61. The fraction of sp³-hybridized carbons (Fsp3) is 0.333. The van der Waals surface area contributed by atoms with Crippen LogP contribution in [0.15, 0.2) is 54.1 Å². The van der Waals surface area contributed by atoms with E-state index in [-0.39, 0.29) is 24.0 Å². The van der Waals surface area contributed by atoms with Gasteiger partial charge in [-0.3, -0.25) is 9.59 Å². The van der Waals surface area contributed by atoms with Crippen LogP contribution in [0, 0.1) is 0 Å². The lowest BCUT2D eigenvalue weighted by Crippen LogP contribution is -2.36. The molecule has 2 saturated heterocycles. The normalized spacial score (nSPS) is 22.7. The van der Waals surface area contributed by atoms with Gasteiger partial charge in [-0.25, -0.2) is 0 Å². The number of rotatable bonds is 6. The van der Waals surface area contributed by atoms with Gasteiger partial charge >= 0.3 is 0 Å². The number of nitrogens with zero attached hydrogens (tertiary/aromatic N) is 1. The number of ketones is 1. The first-order valence-electron chi connectivity index (χ1n) is 10.2. The van der Waals surface area contributed by atoms with Crippen molar-refractivity contribution in [1.29, 1.82) is 0 Å².